The number of aromatic nitrogens is 2. The Kier molecular flexibility index (Phi) is 4.90. The lowest BCUT2D eigenvalue weighted by Crippen LogP contribution is -2.16. The van der Waals surface area contributed by atoms with Crippen LogP contribution in [0, 0.1) is 0 Å². The number of hydrogen-bond acceptors (Lipinski definition) is 2. The van der Waals surface area contributed by atoms with Gasteiger partial charge in [-0.15, -0.1) is 0 Å². The van der Waals surface area contributed by atoms with Gasteiger partial charge in [0, 0.05) is 38.7 Å². The van der Waals surface area contributed by atoms with Gasteiger partial charge in [0.1, 0.15) is 0 Å². The first-order chi connectivity index (χ1) is 20.8. The van der Waals surface area contributed by atoms with E-state index in [0.717, 1.165) is 45.3 Å². The summed E-state index contributed by atoms with van der Waals surface area (Å²) in [5, 5.41) is 4.90. The molecule has 0 atom stereocenters. The van der Waals surface area contributed by atoms with Crippen LogP contribution in [0.5, 0.6) is 0 Å². The predicted octanol–water partition coefficient (Wildman–Crippen LogP) is 10.4. The van der Waals surface area contributed by atoms with Gasteiger partial charge in [0.25, 0.3) is 0 Å². The number of fused-ring (bicyclic) bond motifs is 5. The maximum absolute atomic E-state index is 5.27. The largest absolute Gasteiger partial charge is 0.309 e. The van der Waals surface area contributed by atoms with Gasteiger partial charge in [-0.3, -0.25) is 0 Å². The lowest BCUT2D eigenvalue weighted by Gasteiger charge is -2.33. The molecule has 3 nitrogen and oxygen atoms in total. The molecule has 1 aliphatic heterocycles. The summed E-state index contributed by atoms with van der Waals surface area (Å²) in [6.07, 6.45) is 0. The van der Waals surface area contributed by atoms with Crippen molar-refractivity contribution in [2.75, 3.05) is 4.90 Å². The van der Waals surface area contributed by atoms with Crippen molar-refractivity contribution in [3.8, 4) is 28.2 Å². The van der Waals surface area contributed by atoms with E-state index < -0.39 is 0 Å². The molecule has 3 heterocycles. The molecule has 0 N–H and O–H groups in total. The van der Waals surface area contributed by atoms with Gasteiger partial charge in [-0.2, -0.15) is 0 Å². The van der Waals surface area contributed by atoms with Crippen LogP contribution in [0.25, 0.3) is 60.8 Å². The maximum atomic E-state index is 5.27. The monoisotopic (exact) mass is 535 g/mol. The van der Waals surface area contributed by atoms with Crippen LogP contribution in [0.2, 0.25) is 0 Å². The zero-order chi connectivity index (χ0) is 27.6. The van der Waals surface area contributed by atoms with Gasteiger partial charge in [-0.25, -0.2) is 4.98 Å². The molecule has 0 unspecified atom stereocenters. The minimum absolute atomic E-state index is 0.992. The summed E-state index contributed by atoms with van der Waals surface area (Å²) in [4.78, 5) is 7.66. The van der Waals surface area contributed by atoms with Crippen molar-refractivity contribution in [2.24, 2.45) is 0 Å². The fraction of sp³-hybridized carbons (Fsp3) is 0. The van der Waals surface area contributed by atoms with E-state index in [1.165, 1.54) is 32.6 Å². The van der Waals surface area contributed by atoms with Gasteiger partial charge >= 0.3 is 0 Å². The van der Waals surface area contributed by atoms with Crippen LogP contribution >= 0.6 is 0 Å². The van der Waals surface area contributed by atoms with Crippen LogP contribution in [-0.4, -0.2) is 9.55 Å². The Morgan fingerprint density at radius 1 is 0.476 bits per heavy atom. The fourth-order valence-corrected chi connectivity index (χ4v) is 6.68. The average Bonchev–Trinajstić information content (AvgIpc) is 3.40. The number of para-hydroxylation sites is 3. The highest BCUT2D eigenvalue weighted by Crippen LogP contribution is 2.51. The molecule has 9 rings (SSSR count). The van der Waals surface area contributed by atoms with Crippen LogP contribution in [0.3, 0.4) is 0 Å². The highest BCUT2D eigenvalue weighted by atomic mass is 15.2. The summed E-state index contributed by atoms with van der Waals surface area (Å²) in [7, 11) is 0. The third kappa shape index (κ3) is 3.31. The van der Waals surface area contributed by atoms with Gasteiger partial charge in [0.2, 0.25) is 0 Å². The van der Waals surface area contributed by atoms with E-state index in [2.05, 4.69) is 155 Å². The average molecular weight is 536 g/mol. The van der Waals surface area contributed by atoms with Gasteiger partial charge < -0.3 is 9.47 Å². The second kappa shape index (κ2) is 8.92. The minimum atomic E-state index is 0.992. The van der Waals surface area contributed by atoms with Crippen molar-refractivity contribution < 1.29 is 0 Å². The summed E-state index contributed by atoms with van der Waals surface area (Å²) in [6, 6.07) is 54.1. The standard InChI is InChI=1S/C39H25N3/c1-2-12-26(13-3-1)33-24-27-14-10-23-37-38(27)39(40-33)32-19-6-9-22-36(32)42(37)29-16-11-15-28(25-29)41-34-20-7-4-17-30(34)31-18-5-8-21-35(31)41/h1-25H. The van der Waals surface area contributed by atoms with Crippen molar-refractivity contribution in [3.05, 3.63) is 152 Å². The first kappa shape index (κ1) is 23.1. The number of rotatable bonds is 3. The van der Waals surface area contributed by atoms with E-state index in [0.29, 0.717) is 0 Å². The second-order valence-corrected chi connectivity index (χ2v) is 10.8. The third-order valence-electron chi connectivity index (χ3n) is 8.47. The van der Waals surface area contributed by atoms with Crippen molar-refractivity contribution in [3.63, 3.8) is 0 Å². The lowest BCUT2D eigenvalue weighted by atomic mass is 9.93. The molecule has 2 aromatic heterocycles. The Morgan fingerprint density at radius 2 is 1.12 bits per heavy atom. The molecular weight excluding hydrogens is 510 g/mol. The van der Waals surface area contributed by atoms with Crippen LogP contribution < -0.4 is 4.90 Å². The second-order valence-electron chi connectivity index (χ2n) is 10.8. The molecule has 196 valence electrons. The summed E-state index contributed by atoms with van der Waals surface area (Å²) in [6.45, 7) is 0. The van der Waals surface area contributed by atoms with Gasteiger partial charge in [-0.05, 0) is 53.9 Å². The van der Waals surface area contributed by atoms with Crippen LogP contribution in [0.15, 0.2) is 152 Å². The van der Waals surface area contributed by atoms with Gasteiger partial charge in [0.05, 0.1) is 33.8 Å². The van der Waals surface area contributed by atoms with E-state index in [4.69, 9.17) is 4.98 Å². The lowest BCUT2D eigenvalue weighted by molar-refractivity contribution is 1.17. The highest BCUT2D eigenvalue weighted by Gasteiger charge is 2.27. The van der Waals surface area contributed by atoms with Crippen LogP contribution in [0.4, 0.5) is 17.1 Å². The topological polar surface area (TPSA) is 21.1 Å². The van der Waals surface area contributed by atoms with Gasteiger partial charge in [0.15, 0.2) is 0 Å². The molecule has 0 bridgehead atoms. The van der Waals surface area contributed by atoms with Gasteiger partial charge in [-0.1, -0.05) is 103 Å². The Hall–Kier alpha value is -5.67. The van der Waals surface area contributed by atoms with Crippen molar-refractivity contribution in [2.45, 2.75) is 0 Å². The summed E-state index contributed by atoms with van der Waals surface area (Å²) >= 11 is 0. The van der Waals surface area contributed by atoms with Crippen LogP contribution in [0.1, 0.15) is 0 Å². The number of anilines is 3. The van der Waals surface area contributed by atoms with E-state index in [1.54, 1.807) is 0 Å². The molecule has 0 saturated heterocycles. The van der Waals surface area contributed by atoms with E-state index in [9.17, 15) is 0 Å². The van der Waals surface area contributed by atoms with E-state index in [-0.39, 0.29) is 0 Å². The maximum Gasteiger partial charge on any atom is 0.0830 e. The Bertz CT molecular complexity index is 2260. The molecule has 0 spiro atoms. The minimum Gasteiger partial charge on any atom is -0.309 e. The van der Waals surface area contributed by atoms with Crippen molar-refractivity contribution in [1.29, 1.82) is 0 Å². The molecular formula is C39H25N3. The Labute approximate surface area is 243 Å². The third-order valence-corrected chi connectivity index (χ3v) is 8.47. The summed E-state index contributed by atoms with van der Waals surface area (Å²) in [5.74, 6) is 0. The molecule has 0 saturated carbocycles. The number of pyridine rings is 1. The van der Waals surface area contributed by atoms with E-state index in [1.807, 2.05) is 6.07 Å². The zero-order valence-electron chi connectivity index (χ0n) is 22.8. The first-order valence-corrected chi connectivity index (χ1v) is 14.3. The molecule has 8 aromatic rings. The summed E-state index contributed by atoms with van der Waals surface area (Å²) in [5.41, 5.74) is 11.2. The number of nitrogens with zero attached hydrogens (tertiary/aromatic N) is 3. The number of benzene rings is 6. The molecule has 1 aliphatic rings. The summed E-state index contributed by atoms with van der Waals surface area (Å²) < 4.78 is 2.38. The SMILES string of the molecule is c1ccc(-c2cc3cccc4c3c(n2)-c2ccccc2N4c2cccc(-n3c4ccccc4c4ccccc43)c2)cc1. The zero-order valence-corrected chi connectivity index (χ0v) is 22.8. The quantitative estimate of drug-likeness (QED) is 0.224. The molecule has 42 heavy (non-hydrogen) atoms. The van der Waals surface area contributed by atoms with E-state index >= 15 is 0 Å². The Morgan fingerprint density at radius 3 is 1.93 bits per heavy atom. The molecule has 0 radical (unpaired) electrons. The Balaban J connectivity index is 1.29. The van der Waals surface area contributed by atoms with Crippen molar-refractivity contribution >= 4 is 49.6 Å². The highest BCUT2D eigenvalue weighted by molar-refractivity contribution is 6.13. The predicted molar refractivity (Wildman–Crippen MR) is 175 cm³/mol. The normalized spacial score (nSPS) is 12.2. The first-order valence-electron chi connectivity index (χ1n) is 14.3. The molecule has 0 fully saturated rings. The fourth-order valence-electron chi connectivity index (χ4n) is 6.68. The number of hydrogen-bond donors (Lipinski definition) is 0. The molecule has 0 aliphatic carbocycles. The van der Waals surface area contributed by atoms with Crippen molar-refractivity contribution in [1.82, 2.24) is 9.55 Å². The molecule has 0 amide bonds. The molecule has 6 aromatic carbocycles. The molecule has 3 heteroatoms. The smallest absolute Gasteiger partial charge is 0.0830 e. The van der Waals surface area contributed by atoms with Crippen LogP contribution in [-0.2, 0) is 0 Å².